The molecule has 0 radical (unpaired) electrons. The Kier molecular flexibility index (Phi) is 5.91. The molecule has 0 nitrogen and oxygen atoms in total. The summed E-state index contributed by atoms with van der Waals surface area (Å²) in [6.45, 7) is 8.51. The third-order valence-corrected chi connectivity index (χ3v) is 2.03. The second kappa shape index (κ2) is 6.21. The number of rotatable bonds is 1. The van der Waals surface area contributed by atoms with Crippen molar-refractivity contribution in [1.82, 2.24) is 0 Å². The average molecular weight is 152 g/mol. The molecule has 1 aliphatic rings. The molecule has 2 atom stereocenters. The fourth-order valence-corrected chi connectivity index (χ4v) is 1.27. The Balaban J connectivity index is 0.000000461. The predicted molar refractivity (Wildman–Crippen MR) is 52.6 cm³/mol. The summed E-state index contributed by atoms with van der Waals surface area (Å²) in [5.74, 6) is 1.54. The highest BCUT2D eigenvalue weighted by Crippen LogP contribution is 2.21. The molecule has 0 saturated heterocycles. The van der Waals surface area contributed by atoms with Crippen LogP contribution in [0.1, 0.15) is 34.1 Å². The van der Waals surface area contributed by atoms with Crippen LogP contribution in [-0.4, -0.2) is 0 Å². The number of hydrogen-bond acceptors (Lipinski definition) is 0. The Hall–Kier alpha value is -0.520. The van der Waals surface area contributed by atoms with Crippen LogP contribution in [0, 0.1) is 11.8 Å². The van der Waals surface area contributed by atoms with Gasteiger partial charge in [0.25, 0.3) is 0 Å². The maximum atomic E-state index is 2.30. The molecule has 0 aromatic rings. The number of allylic oxidation sites excluding steroid dienone is 4. The summed E-state index contributed by atoms with van der Waals surface area (Å²) >= 11 is 0. The monoisotopic (exact) mass is 152 g/mol. The molecule has 1 aliphatic carbocycles. The Morgan fingerprint density at radius 1 is 1.09 bits per heavy atom. The van der Waals surface area contributed by atoms with Gasteiger partial charge in [0, 0.05) is 0 Å². The number of hydrogen-bond donors (Lipinski definition) is 0. The van der Waals surface area contributed by atoms with Crippen molar-refractivity contribution in [3.8, 4) is 0 Å². The lowest BCUT2D eigenvalue weighted by Gasteiger charge is -2.17. The third-order valence-electron chi connectivity index (χ3n) is 2.03. The molecule has 0 N–H and O–H groups in total. The average Bonchev–Trinajstić information content (AvgIpc) is 2.09. The first-order valence-electron chi connectivity index (χ1n) is 4.69. The lowest BCUT2D eigenvalue weighted by Crippen LogP contribution is -2.06. The largest absolute Gasteiger partial charge is 0.0811 e. The highest BCUT2D eigenvalue weighted by Gasteiger charge is 2.09. The van der Waals surface area contributed by atoms with Crippen molar-refractivity contribution in [3.63, 3.8) is 0 Å². The van der Waals surface area contributed by atoms with E-state index in [0.29, 0.717) is 0 Å². The zero-order valence-electron chi connectivity index (χ0n) is 8.17. The van der Waals surface area contributed by atoms with Gasteiger partial charge in [-0.05, 0) is 18.3 Å². The molecular weight excluding hydrogens is 132 g/mol. The molecule has 0 amide bonds. The first-order chi connectivity index (χ1) is 5.34. The fourth-order valence-electron chi connectivity index (χ4n) is 1.27. The van der Waals surface area contributed by atoms with Gasteiger partial charge in [0.15, 0.2) is 0 Å². The minimum Gasteiger partial charge on any atom is -0.0811 e. The topological polar surface area (TPSA) is 0 Å². The summed E-state index contributed by atoms with van der Waals surface area (Å²) in [4.78, 5) is 0. The summed E-state index contributed by atoms with van der Waals surface area (Å²) in [6, 6.07) is 0. The van der Waals surface area contributed by atoms with Crippen LogP contribution in [0.3, 0.4) is 0 Å². The van der Waals surface area contributed by atoms with Crippen molar-refractivity contribution in [3.05, 3.63) is 24.3 Å². The highest BCUT2D eigenvalue weighted by molar-refractivity contribution is 5.13. The van der Waals surface area contributed by atoms with Crippen molar-refractivity contribution >= 4 is 0 Å². The third kappa shape index (κ3) is 3.41. The second-order valence-corrected chi connectivity index (χ2v) is 2.70. The Morgan fingerprint density at radius 2 is 1.64 bits per heavy atom. The van der Waals surface area contributed by atoms with Crippen molar-refractivity contribution < 1.29 is 0 Å². The van der Waals surface area contributed by atoms with Crippen LogP contribution >= 0.6 is 0 Å². The fraction of sp³-hybridized carbons (Fsp3) is 0.636. The van der Waals surface area contributed by atoms with E-state index in [1.165, 1.54) is 6.42 Å². The molecule has 0 aromatic carbocycles. The van der Waals surface area contributed by atoms with Gasteiger partial charge in [0.05, 0.1) is 0 Å². The van der Waals surface area contributed by atoms with Gasteiger partial charge in [-0.3, -0.25) is 0 Å². The minimum absolute atomic E-state index is 0.750. The van der Waals surface area contributed by atoms with E-state index in [9.17, 15) is 0 Å². The van der Waals surface area contributed by atoms with Gasteiger partial charge in [-0.1, -0.05) is 52.0 Å². The van der Waals surface area contributed by atoms with E-state index in [4.69, 9.17) is 0 Å². The Labute approximate surface area is 71.0 Å². The molecule has 0 bridgehead atoms. The van der Waals surface area contributed by atoms with Crippen LogP contribution in [-0.2, 0) is 0 Å². The lowest BCUT2D eigenvalue weighted by atomic mass is 9.88. The molecule has 11 heavy (non-hydrogen) atoms. The zero-order chi connectivity index (χ0) is 8.69. The zero-order valence-corrected chi connectivity index (χ0v) is 8.17. The van der Waals surface area contributed by atoms with E-state index >= 15 is 0 Å². The molecule has 0 heterocycles. The van der Waals surface area contributed by atoms with Gasteiger partial charge in [-0.15, -0.1) is 0 Å². The van der Waals surface area contributed by atoms with E-state index in [1.54, 1.807) is 0 Å². The highest BCUT2D eigenvalue weighted by atomic mass is 14.1. The van der Waals surface area contributed by atoms with Gasteiger partial charge >= 0.3 is 0 Å². The SMILES string of the molecule is CC.CCC1C=CC=CC1C. The molecule has 0 heteroatoms. The van der Waals surface area contributed by atoms with Gasteiger partial charge in [0.2, 0.25) is 0 Å². The van der Waals surface area contributed by atoms with Crippen LogP contribution in [0.2, 0.25) is 0 Å². The predicted octanol–water partition coefficient (Wildman–Crippen LogP) is 3.80. The molecular formula is C11H20. The first-order valence-corrected chi connectivity index (χ1v) is 4.69. The summed E-state index contributed by atoms with van der Waals surface area (Å²) < 4.78 is 0. The standard InChI is InChI=1S/C9H14.C2H6/c1-3-9-7-5-4-6-8(9)2;1-2/h4-9H,3H2,1-2H3;1-2H3. The van der Waals surface area contributed by atoms with E-state index in [2.05, 4.69) is 38.2 Å². The van der Waals surface area contributed by atoms with Crippen LogP contribution in [0.25, 0.3) is 0 Å². The van der Waals surface area contributed by atoms with E-state index in [-0.39, 0.29) is 0 Å². The molecule has 0 aliphatic heterocycles. The van der Waals surface area contributed by atoms with Gasteiger partial charge < -0.3 is 0 Å². The van der Waals surface area contributed by atoms with Crippen LogP contribution < -0.4 is 0 Å². The van der Waals surface area contributed by atoms with Crippen molar-refractivity contribution in [2.45, 2.75) is 34.1 Å². The quantitative estimate of drug-likeness (QED) is 0.536. The van der Waals surface area contributed by atoms with Gasteiger partial charge in [0.1, 0.15) is 0 Å². The maximum Gasteiger partial charge on any atom is -0.0173 e. The Bertz CT molecular complexity index is 131. The molecule has 2 unspecified atom stereocenters. The lowest BCUT2D eigenvalue weighted by molar-refractivity contribution is 0.492. The molecule has 0 saturated carbocycles. The summed E-state index contributed by atoms with van der Waals surface area (Å²) in [6.07, 6.45) is 10.1. The Morgan fingerprint density at radius 3 is 2.00 bits per heavy atom. The smallest absolute Gasteiger partial charge is 0.0173 e. The molecule has 1 rings (SSSR count). The van der Waals surface area contributed by atoms with Gasteiger partial charge in [-0.2, -0.15) is 0 Å². The molecule has 0 fully saturated rings. The molecule has 64 valence electrons. The molecule has 0 spiro atoms. The van der Waals surface area contributed by atoms with Gasteiger partial charge in [-0.25, -0.2) is 0 Å². The summed E-state index contributed by atoms with van der Waals surface area (Å²) in [7, 11) is 0. The van der Waals surface area contributed by atoms with Crippen molar-refractivity contribution in [2.75, 3.05) is 0 Å². The summed E-state index contributed by atoms with van der Waals surface area (Å²) in [5.41, 5.74) is 0. The maximum absolute atomic E-state index is 2.30. The van der Waals surface area contributed by atoms with Crippen LogP contribution in [0.15, 0.2) is 24.3 Å². The summed E-state index contributed by atoms with van der Waals surface area (Å²) in [5, 5.41) is 0. The van der Waals surface area contributed by atoms with Crippen molar-refractivity contribution in [2.24, 2.45) is 11.8 Å². The van der Waals surface area contributed by atoms with E-state index in [1.807, 2.05) is 13.8 Å². The van der Waals surface area contributed by atoms with E-state index in [0.717, 1.165) is 11.8 Å². The van der Waals surface area contributed by atoms with Crippen molar-refractivity contribution in [1.29, 1.82) is 0 Å². The minimum atomic E-state index is 0.750. The second-order valence-electron chi connectivity index (χ2n) is 2.70. The molecule has 0 aromatic heterocycles. The normalized spacial score (nSPS) is 27.6. The first kappa shape index (κ1) is 10.5. The van der Waals surface area contributed by atoms with Crippen LogP contribution in [0.4, 0.5) is 0 Å². The van der Waals surface area contributed by atoms with Crippen LogP contribution in [0.5, 0.6) is 0 Å². The van der Waals surface area contributed by atoms with E-state index < -0.39 is 0 Å².